The smallest absolute Gasteiger partial charge is 0.337 e. The molecule has 0 saturated carbocycles. The van der Waals surface area contributed by atoms with Crippen LogP contribution in [0.2, 0.25) is 0 Å². The number of hydrogen-bond donors (Lipinski definition) is 5. The van der Waals surface area contributed by atoms with Crippen LogP contribution in [0.1, 0.15) is 22.5 Å². The minimum absolute atomic E-state index is 0.0354. The molecule has 1 aromatic carbocycles. The average molecular weight is 530 g/mol. The van der Waals surface area contributed by atoms with E-state index in [0.29, 0.717) is 11.4 Å². The average Bonchev–Trinajstić information content (AvgIpc) is 2.87. The zero-order valence-electron chi connectivity index (χ0n) is 18.9. The molecule has 15 heteroatoms. The monoisotopic (exact) mass is 529 g/mol. The predicted molar refractivity (Wildman–Crippen MR) is 131 cm³/mol. The Hall–Kier alpha value is -4.85. The summed E-state index contributed by atoms with van der Waals surface area (Å²) < 4.78 is 4.36. The number of aromatic nitrogens is 4. The van der Waals surface area contributed by atoms with Crippen LogP contribution in [0, 0.1) is 0 Å². The van der Waals surface area contributed by atoms with Crippen LogP contribution in [-0.4, -0.2) is 60.3 Å². The number of carboxylic acid groups (broad SMARTS) is 1. The van der Waals surface area contributed by atoms with Gasteiger partial charge in [-0.3, -0.25) is 14.6 Å². The number of esters is 2. The second kappa shape index (κ2) is 11.7. The topological polar surface area (TPSA) is 219 Å². The van der Waals surface area contributed by atoms with Gasteiger partial charge in [0, 0.05) is 23.7 Å². The van der Waals surface area contributed by atoms with Gasteiger partial charge in [0.15, 0.2) is 11.2 Å². The Balaban J connectivity index is 1.60. The van der Waals surface area contributed by atoms with Crippen LogP contribution in [0.25, 0.3) is 11.2 Å². The molecule has 0 bridgehead atoms. The summed E-state index contributed by atoms with van der Waals surface area (Å²) in [7, 11) is 0. The van der Waals surface area contributed by atoms with Gasteiger partial charge in [0.2, 0.25) is 5.95 Å². The van der Waals surface area contributed by atoms with Gasteiger partial charge in [-0.2, -0.15) is 4.98 Å². The highest BCUT2D eigenvalue weighted by Crippen LogP contribution is 2.14. The number of nitrogens with two attached hydrogens (primary N) is 1. The number of hydrogen-bond acceptors (Lipinski definition) is 11. The number of aromatic amines is 1. The molecule has 0 saturated heterocycles. The third kappa shape index (κ3) is 7.08. The van der Waals surface area contributed by atoms with Crippen LogP contribution in [0.3, 0.4) is 0 Å². The highest BCUT2D eigenvalue weighted by Gasteiger charge is 2.29. The zero-order chi connectivity index (χ0) is 27.1. The number of nitrogens with one attached hydrogen (secondary N) is 3. The lowest BCUT2D eigenvalue weighted by atomic mass is 10.1. The van der Waals surface area contributed by atoms with Gasteiger partial charge in [-0.05, 0) is 24.3 Å². The Bertz CT molecular complexity index is 1430. The number of amides is 1. The minimum Gasteiger partial charge on any atom is -0.480 e. The first-order valence-electron chi connectivity index (χ1n) is 10.5. The van der Waals surface area contributed by atoms with E-state index in [-0.39, 0.29) is 29.2 Å². The van der Waals surface area contributed by atoms with E-state index in [1.807, 2.05) is 0 Å². The number of carbonyl (C=O) groups excluding carboxylic acids is 3. The van der Waals surface area contributed by atoms with Crippen LogP contribution >= 0.6 is 11.6 Å². The Morgan fingerprint density at radius 1 is 1.22 bits per heavy atom. The van der Waals surface area contributed by atoms with Crippen LogP contribution in [-0.2, 0) is 25.7 Å². The molecule has 1 amide bonds. The normalized spacial score (nSPS) is 12.2. The number of H-pyrrole nitrogens is 1. The molecule has 6 N–H and O–H groups in total. The number of carbonyl (C=O) groups is 4. The second-order valence-corrected chi connectivity index (χ2v) is 7.95. The molecule has 0 aliphatic rings. The van der Waals surface area contributed by atoms with E-state index in [0.717, 1.165) is 6.08 Å². The Labute approximate surface area is 212 Å². The standard InChI is InChI=1S/C22H20ClN7O7/c1-2-15(31)37-21(36)13(23)7-14(20(34)35)28-18(32)10-3-5-11(6-4-10)25-8-12-9-26-17-16(27-12)19(33)30-22(24)29-17/h2-6,9,13-14,25H,1,7-8H2,(H,28,32)(H,34,35)(H3,24,26,29,30,33)/t13?,14-/m0/s1. The van der Waals surface area contributed by atoms with Crippen molar-refractivity contribution < 1.29 is 29.0 Å². The van der Waals surface area contributed by atoms with Crippen molar-refractivity contribution in [2.24, 2.45) is 0 Å². The molecule has 0 radical (unpaired) electrons. The first-order chi connectivity index (χ1) is 17.6. The number of nitrogen functional groups attached to an aromatic ring is 1. The summed E-state index contributed by atoms with van der Waals surface area (Å²) in [6, 6.07) is 4.48. The predicted octanol–water partition coefficient (Wildman–Crippen LogP) is 0.344. The SMILES string of the molecule is C=CC(=O)OC(=O)C(Cl)C[C@H](NC(=O)c1ccc(NCc2cnc3nc(N)[nH]c(=O)c3n2)cc1)C(=O)O. The van der Waals surface area contributed by atoms with Gasteiger partial charge in [0.25, 0.3) is 11.5 Å². The lowest BCUT2D eigenvalue weighted by molar-refractivity contribution is -0.156. The van der Waals surface area contributed by atoms with Crippen molar-refractivity contribution in [1.29, 1.82) is 0 Å². The quantitative estimate of drug-likeness (QED) is 0.104. The van der Waals surface area contributed by atoms with Crippen molar-refractivity contribution in [2.45, 2.75) is 24.4 Å². The summed E-state index contributed by atoms with van der Waals surface area (Å²) in [4.78, 5) is 73.4. The number of benzene rings is 1. The van der Waals surface area contributed by atoms with E-state index in [9.17, 15) is 29.1 Å². The van der Waals surface area contributed by atoms with E-state index in [4.69, 9.17) is 17.3 Å². The van der Waals surface area contributed by atoms with E-state index < -0.39 is 47.2 Å². The maximum absolute atomic E-state index is 12.5. The fraction of sp³-hybridized carbons (Fsp3) is 0.182. The number of rotatable bonds is 10. The van der Waals surface area contributed by atoms with Gasteiger partial charge in [0.1, 0.15) is 11.4 Å². The highest BCUT2D eigenvalue weighted by atomic mass is 35.5. The fourth-order valence-corrected chi connectivity index (χ4v) is 3.18. The number of carboxylic acids is 1. The minimum atomic E-state index is -1.53. The number of anilines is 2. The highest BCUT2D eigenvalue weighted by molar-refractivity contribution is 6.30. The van der Waals surface area contributed by atoms with Crippen LogP contribution in [0.15, 0.2) is 47.9 Å². The zero-order valence-corrected chi connectivity index (χ0v) is 19.7. The fourth-order valence-electron chi connectivity index (χ4n) is 2.96. The summed E-state index contributed by atoms with van der Waals surface area (Å²) in [5.74, 6) is -4.44. The van der Waals surface area contributed by atoms with Gasteiger partial charge in [-0.25, -0.2) is 24.4 Å². The van der Waals surface area contributed by atoms with Crippen LogP contribution in [0.4, 0.5) is 11.6 Å². The number of fused-ring (bicyclic) bond motifs is 1. The molecule has 192 valence electrons. The molecule has 14 nitrogen and oxygen atoms in total. The van der Waals surface area contributed by atoms with E-state index in [1.54, 1.807) is 12.1 Å². The number of nitrogens with zero attached hydrogens (tertiary/aromatic N) is 3. The van der Waals surface area contributed by atoms with Gasteiger partial charge in [-0.1, -0.05) is 6.58 Å². The second-order valence-electron chi connectivity index (χ2n) is 7.43. The maximum Gasteiger partial charge on any atom is 0.337 e. The van der Waals surface area contributed by atoms with Crippen molar-refractivity contribution in [1.82, 2.24) is 25.3 Å². The number of halogens is 1. The summed E-state index contributed by atoms with van der Waals surface area (Å²) in [5.41, 5.74) is 6.28. The first kappa shape index (κ1) is 26.7. The molecule has 2 aromatic heterocycles. The molecule has 1 unspecified atom stereocenters. The van der Waals surface area contributed by atoms with Gasteiger partial charge < -0.3 is 26.2 Å². The molecule has 2 heterocycles. The lowest BCUT2D eigenvalue weighted by Crippen LogP contribution is -2.43. The van der Waals surface area contributed by atoms with Crippen molar-refractivity contribution in [3.8, 4) is 0 Å². The van der Waals surface area contributed by atoms with Gasteiger partial charge in [0.05, 0.1) is 18.4 Å². The lowest BCUT2D eigenvalue weighted by Gasteiger charge is -2.17. The molecular formula is C22H20ClN7O7. The molecule has 0 spiro atoms. The number of ether oxygens (including phenoxy) is 1. The van der Waals surface area contributed by atoms with E-state index >= 15 is 0 Å². The van der Waals surface area contributed by atoms with E-state index in [1.165, 1.54) is 18.3 Å². The van der Waals surface area contributed by atoms with Crippen molar-refractivity contribution >= 4 is 58.2 Å². The Morgan fingerprint density at radius 3 is 2.57 bits per heavy atom. The van der Waals surface area contributed by atoms with Gasteiger partial charge >= 0.3 is 17.9 Å². The van der Waals surface area contributed by atoms with Gasteiger partial charge in [-0.15, -0.1) is 11.6 Å². The first-order valence-corrected chi connectivity index (χ1v) is 10.9. The molecule has 0 aliphatic heterocycles. The third-order valence-electron chi connectivity index (χ3n) is 4.78. The third-order valence-corrected chi connectivity index (χ3v) is 5.13. The summed E-state index contributed by atoms with van der Waals surface area (Å²) in [5, 5.41) is 13.2. The molecule has 3 aromatic rings. The molecule has 3 rings (SSSR count). The Morgan fingerprint density at radius 2 is 1.92 bits per heavy atom. The molecule has 37 heavy (non-hydrogen) atoms. The van der Waals surface area contributed by atoms with Crippen molar-refractivity contribution in [3.63, 3.8) is 0 Å². The van der Waals surface area contributed by atoms with Crippen LogP contribution in [0.5, 0.6) is 0 Å². The summed E-state index contributed by atoms with van der Waals surface area (Å²) in [6.45, 7) is 3.33. The summed E-state index contributed by atoms with van der Waals surface area (Å²) in [6.07, 6.45) is 1.66. The molecular weight excluding hydrogens is 510 g/mol. The van der Waals surface area contributed by atoms with Crippen molar-refractivity contribution in [3.05, 3.63) is 64.7 Å². The van der Waals surface area contributed by atoms with Crippen LogP contribution < -0.4 is 21.9 Å². The molecule has 0 aliphatic carbocycles. The summed E-state index contributed by atoms with van der Waals surface area (Å²) >= 11 is 5.83. The number of aliphatic carboxylic acids is 1. The Kier molecular flexibility index (Phi) is 8.47. The molecule has 2 atom stereocenters. The largest absolute Gasteiger partial charge is 0.480 e. The molecule has 0 fully saturated rings. The van der Waals surface area contributed by atoms with E-state index in [2.05, 4.69) is 41.9 Å². The number of alkyl halides is 1. The maximum atomic E-state index is 12.5. The van der Waals surface area contributed by atoms with Crippen molar-refractivity contribution in [2.75, 3.05) is 11.1 Å².